The Morgan fingerprint density at radius 3 is 2.50 bits per heavy atom. The van der Waals surface area contributed by atoms with Crippen molar-refractivity contribution < 1.29 is 0 Å². The van der Waals surface area contributed by atoms with Gasteiger partial charge in [-0.2, -0.15) is 5.10 Å². The number of aliphatic imine (C=N–C) groups is 1. The third-order valence-corrected chi connectivity index (χ3v) is 4.68. The lowest BCUT2D eigenvalue weighted by molar-refractivity contribution is 0.402. The molecule has 0 radical (unpaired) electrons. The van der Waals surface area contributed by atoms with E-state index >= 15 is 0 Å². The van der Waals surface area contributed by atoms with E-state index < -0.39 is 0 Å². The molecule has 1 fully saturated rings. The maximum Gasteiger partial charge on any atom is 0.127 e. The first kappa shape index (κ1) is 16.6. The molecule has 4 rings (SSSR count). The molecule has 0 atom stereocenters. The second kappa shape index (κ2) is 7.51. The molecule has 1 saturated carbocycles. The molecule has 2 heterocycles. The van der Waals surface area contributed by atoms with Crippen LogP contribution in [0.2, 0.25) is 0 Å². The van der Waals surface area contributed by atoms with Crippen LogP contribution in [-0.4, -0.2) is 21.6 Å². The van der Waals surface area contributed by atoms with Gasteiger partial charge in [-0.15, -0.1) is 0 Å². The van der Waals surface area contributed by atoms with Crippen LogP contribution in [0, 0.1) is 0 Å². The zero-order chi connectivity index (χ0) is 16.8. The Kier molecular flexibility index (Phi) is 5.18. The summed E-state index contributed by atoms with van der Waals surface area (Å²) in [6.45, 7) is 4.63. The van der Waals surface area contributed by atoms with Crippen LogP contribution in [0.15, 0.2) is 41.5 Å². The number of nitrogens with one attached hydrogen (secondary N) is 3. The summed E-state index contributed by atoms with van der Waals surface area (Å²) in [7, 11) is 0. The highest BCUT2D eigenvalue weighted by Gasteiger charge is 2.40. The van der Waals surface area contributed by atoms with Crippen LogP contribution < -0.4 is 10.6 Å². The second-order valence-corrected chi connectivity index (χ2v) is 6.19. The molecule has 0 bridgehead atoms. The third kappa shape index (κ3) is 3.30. The van der Waals surface area contributed by atoms with E-state index in [-0.39, 0.29) is 5.54 Å². The van der Waals surface area contributed by atoms with Gasteiger partial charge in [0.2, 0.25) is 0 Å². The first-order valence-electron chi connectivity index (χ1n) is 9.03. The van der Waals surface area contributed by atoms with Crippen molar-refractivity contribution in [2.24, 2.45) is 4.99 Å². The third-order valence-electron chi connectivity index (χ3n) is 4.68. The first-order valence-corrected chi connectivity index (χ1v) is 9.03. The lowest BCUT2D eigenvalue weighted by Crippen LogP contribution is -2.53. The van der Waals surface area contributed by atoms with Crippen LogP contribution in [0.4, 0.5) is 11.4 Å². The van der Waals surface area contributed by atoms with E-state index in [0.717, 1.165) is 30.1 Å². The van der Waals surface area contributed by atoms with Crippen molar-refractivity contribution in [2.75, 3.05) is 10.6 Å². The van der Waals surface area contributed by atoms with Crippen LogP contribution >= 0.6 is 0 Å². The zero-order valence-corrected chi connectivity index (χ0v) is 14.6. The van der Waals surface area contributed by atoms with E-state index in [2.05, 4.69) is 45.1 Å². The standard InChI is InChI=1S/C17H21N5.C2H6/c1-4-9-17(10-5-1)16(18-12-13-8-11-19-22-13)20-14-6-2-3-7-15(14)21-17;1-2/h2-3,6-8,11,21H,1,4-5,9-10,12H2,(H,18,20)(H,19,22);1-2H3. The molecular weight excluding hydrogens is 298 g/mol. The van der Waals surface area contributed by atoms with E-state index in [9.17, 15) is 0 Å². The summed E-state index contributed by atoms with van der Waals surface area (Å²) in [5, 5.41) is 14.3. The number of aromatic amines is 1. The van der Waals surface area contributed by atoms with Crippen molar-refractivity contribution in [2.45, 2.75) is 58.0 Å². The first-order chi connectivity index (χ1) is 11.9. The average molecular weight is 325 g/mol. The van der Waals surface area contributed by atoms with Gasteiger partial charge < -0.3 is 10.6 Å². The molecule has 0 saturated heterocycles. The number of para-hydroxylation sites is 2. The van der Waals surface area contributed by atoms with Gasteiger partial charge in [-0.05, 0) is 31.0 Å². The Morgan fingerprint density at radius 2 is 1.79 bits per heavy atom. The number of H-pyrrole nitrogens is 1. The minimum absolute atomic E-state index is 0.0351. The number of fused-ring (bicyclic) bond motifs is 1. The average Bonchev–Trinajstić information content (AvgIpc) is 3.16. The maximum absolute atomic E-state index is 4.87. The molecule has 1 aromatic carbocycles. The van der Waals surface area contributed by atoms with Crippen molar-refractivity contribution in [1.29, 1.82) is 0 Å². The molecule has 1 aromatic heterocycles. The van der Waals surface area contributed by atoms with Gasteiger partial charge in [0, 0.05) is 6.20 Å². The number of anilines is 2. The summed E-state index contributed by atoms with van der Waals surface area (Å²) in [5.41, 5.74) is 3.30. The van der Waals surface area contributed by atoms with E-state index in [1.807, 2.05) is 19.9 Å². The van der Waals surface area contributed by atoms with Crippen LogP contribution in [-0.2, 0) is 6.54 Å². The molecule has 1 aliphatic carbocycles. The van der Waals surface area contributed by atoms with Crippen molar-refractivity contribution in [1.82, 2.24) is 10.2 Å². The number of benzene rings is 1. The minimum atomic E-state index is -0.0351. The summed E-state index contributed by atoms with van der Waals surface area (Å²) in [4.78, 5) is 4.87. The Hall–Kier alpha value is -2.30. The summed E-state index contributed by atoms with van der Waals surface area (Å²) < 4.78 is 0. The molecule has 1 spiro atoms. The van der Waals surface area contributed by atoms with Gasteiger partial charge >= 0.3 is 0 Å². The lowest BCUT2D eigenvalue weighted by atomic mass is 9.79. The van der Waals surface area contributed by atoms with Gasteiger partial charge in [-0.25, -0.2) is 0 Å². The molecule has 0 unspecified atom stereocenters. The molecule has 0 amide bonds. The predicted molar refractivity (Wildman–Crippen MR) is 101 cm³/mol. The van der Waals surface area contributed by atoms with Gasteiger partial charge in [0.25, 0.3) is 0 Å². The molecular formula is C19H27N5. The van der Waals surface area contributed by atoms with Crippen LogP contribution in [0.5, 0.6) is 0 Å². The summed E-state index contributed by atoms with van der Waals surface area (Å²) in [6, 6.07) is 10.4. The molecule has 24 heavy (non-hydrogen) atoms. The van der Waals surface area contributed by atoms with Gasteiger partial charge in [-0.1, -0.05) is 45.2 Å². The summed E-state index contributed by atoms with van der Waals surface area (Å²) in [5.74, 6) is 1.07. The van der Waals surface area contributed by atoms with E-state index in [4.69, 9.17) is 4.99 Å². The second-order valence-electron chi connectivity index (χ2n) is 6.19. The number of aromatic nitrogens is 2. The number of nitrogens with zero attached hydrogens (tertiary/aromatic N) is 2. The number of hydrogen-bond acceptors (Lipinski definition) is 3. The molecule has 2 aromatic rings. The highest BCUT2D eigenvalue weighted by Crippen LogP contribution is 2.39. The van der Waals surface area contributed by atoms with Gasteiger partial charge in [0.1, 0.15) is 5.84 Å². The van der Waals surface area contributed by atoms with Crippen molar-refractivity contribution in [3.63, 3.8) is 0 Å². The smallest absolute Gasteiger partial charge is 0.127 e. The SMILES string of the molecule is CC.c1ccc2c(c1)NC(=NCc1ccn[nH]1)C1(CCCCC1)N2. The largest absolute Gasteiger partial charge is 0.371 e. The fourth-order valence-corrected chi connectivity index (χ4v) is 3.51. The van der Waals surface area contributed by atoms with Crippen molar-refractivity contribution >= 4 is 17.2 Å². The summed E-state index contributed by atoms with van der Waals surface area (Å²) >= 11 is 0. The highest BCUT2D eigenvalue weighted by molar-refractivity contribution is 6.09. The van der Waals surface area contributed by atoms with Gasteiger partial charge in [-0.3, -0.25) is 10.1 Å². The Labute approximate surface area is 144 Å². The van der Waals surface area contributed by atoms with Crippen molar-refractivity contribution in [3.8, 4) is 0 Å². The molecule has 3 N–H and O–H groups in total. The molecule has 2 aliphatic rings. The number of rotatable bonds is 2. The van der Waals surface area contributed by atoms with E-state index in [1.54, 1.807) is 6.20 Å². The zero-order valence-electron chi connectivity index (χ0n) is 14.6. The van der Waals surface area contributed by atoms with Gasteiger partial charge in [0.05, 0.1) is 29.2 Å². The molecule has 5 heteroatoms. The Bertz CT molecular complexity index is 669. The Balaban J connectivity index is 0.000000815. The highest BCUT2D eigenvalue weighted by atomic mass is 15.2. The monoisotopic (exact) mass is 325 g/mol. The number of hydrogen-bond donors (Lipinski definition) is 3. The fourth-order valence-electron chi connectivity index (χ4n) is 3.51. The summed E-state index contributed by atoms with van der Waals surface area (Å²) in [6.07, 6.45) is 7.86. The van der Waals surface area contributed by atoms with E-state index in [1.165, 1.54) is 24.9 Å². The Morgan fingerprint density at radius 1 is 1.04 bits per heavy atom. The fraction of sp³-hybridized carbons (Fsp3) is 0.474. The molecule has 128 valence electrons. The molecule has 1 aliphatic heterocycles. The predicted octanol–water partition coefficient (Wildman–Crippen LogP) is 4.57. The molecule has 5 nitrogen and oxygen atoms in total. The van der Waals surface area contributed by atoms with Crippen LogP contribution in [0.25, 0.3) is 0 Å². The van der Waals surface area contributed by atoms with E-state index in [0.29, 0.717) is 6.54 Å². The van der Waals surface area contributed by atoms with Crippen LogP contribution in [0.3, 0.4) is 0 Å². The van der Waals surface area contributed by atoms with Crippen LogP contribution in [0.1, 0.15) is 51.6 Å². The minimum Gasteiger partial charge on any atom is -0.371 e. The maximum atomic E-state index is 4.87. The number of amidine groups is 1. The topological polar surface area (TPSA) is 65.1 Å². The lowest BCUT2D eigenvalue weighted by Gasteiger charge is -2.44. The quantitative estimate of drug-likeness (QED) is 0.757. The van der Waals surface area contributed by atoms with Gasteiger partial charge in [0.15, 0.2) is 0 Å². The normalized spacial score (nSPS) is 19.7. The van der Waals surface area contributed by atoms with Crippen molar-refractivity contribution in [3.05, 3.63) is 42.2 Å².